The molecule has 78 valence electrons. The van der Waals surface area contributed by atoms with E-state index in [1.807, 2.05) is 13.8 Å². The van der Waals surface area contributed by atoms with E-state index < -0.39 is 0 Å². The number of allylic oxidation sites excluding steroid dienone is 1. The Morgan fingerprint density at radius 1 is 1.43 bits per heavy atom. The van der Waals surface area contributed by atoms with Gasteiger partial charge in [0.1, 0.15) is 5.70 Å². The molecule has 0 aliphatic carbocycles. The summed E-state index contributed by atoms with van der Waals surface area (Å²) >= 11 is 0. The number of hydrogen-bond donors (Lipinski definition) is 2. The van der Waals surface area contributed by atoms with E-state index in [1.54, 1.807) is 0 Å². The second-order valence-corrected chi connectivity index (χ2v) is 3.80. The van der Waals surface area contributed by atoms with Gasteiger partial charge in [0.05, 0.1) is 0 Å². The summed E-state index contributed by atoms with van der Waals surface area (Å²) in [5.41, 5.74) is 0.391. The number of rotatable bonds is 3. The van der Waals surface area contributed by atoms with Crippen LogP contribution < -0.4 is 10.6 Å². The molecule has 0 atom stereocenters. The van der Waals surface area contributed by atoms with E-state index in [-0.39, 0.29) is 11.7 Å². The smallest absolute Gasteiger partial charge is 0.267 e. The lowest BCUT2D eigenvalue weighted by molar-refractivity contribution is -0.119. The Hall–Kier alpha value is -1.32. The van der Waals surface area contributed by atoms with Gasteiger partial charge in [-0.1, -0.05) is 13.8 Å². The summed E-state index contributed by atoms with van der Waals surface area (Å²) in [5, 5.41) is 5.57. The van der Waals surface area contributed by atoms with Crippen LogP contribution in [-0.2, 0) is 9.59 Å². The monoisotopic (exact) mass is 196 g/mol. The van der Waals surface area contributed by atoms with Gasteiger partial charge in [-0.3, -0.25) is 9.59 Å². The van der Waals surface area contributed by atoms with Crippen LogP contribution in [0, 0.1) is 5.92 Å². The number of carbonyl (C=O) groups excluding carboxylic acids is 2. The quantitative estimate of drug-likeness (QED) is 0.634. The van der Waals surface area contributed by atoms with Crippen LogP contribution in [0.15, 0.2) is 11.8 Å². The molecule has 14 heavy (non-hydrogen) atoms. The van der Waals surface area contributed by atoms with Gasteiger partial charge < -0.3 is 10.6 Å². The molecule has 0 bridgehead atoms. The molecule has 0 aromatic carbocycles. The lowest BCUT2D eigenvalue weighted by Gasteiger charge is -2.16. The fraction of sp³-hybridized carbons (Fsp3) is 0.600. The second kappa shape index (κ2) is 4.79. The van der Waals surface area contributed by atoms with Gasteiger partial charge >= 0.3 is 0 Å². The van der Waals surface area contributed by atoms with Crippen molar-refractivity contribution in [3.8, 4) is 0 Å². The maximum absolute atomic E-state index is 11.4. The van der Waals surface area contributed by atoms with E-state index in [0.717, 1.165) is 0 Å². The number of ketones is 1. The zero-order chi connectivity index (χ0) is 10.6. The molecule has 0 radical (unpaired) electrons. The minimum absolute atomic E-state index is 0.000417. The maximum atomic E-state index is 11.4. The van der Waals surface area contributed by atoms with E-state index in [0.29, 0.717) is 31.1 Å². The van der Waals surface area contributed by atoms with Crippen molar-refractivity contribution < 1.29 is 9.59 Å². The average molecular weight is 196 g/mol. The summed E-state index contributed by atoms with van der Waals surface area (Å²) < 4.78 is 0. The lowest BCUT2D eigenvalue weighted by Crippen LogP contribution is -2.43. The van der Waals surface area contributed by atoms with Crippen molar-refractivity contribution in [3.63, 3.8) is 0 Å². The topological polar surface area (TPSA) is 58.2 Å². The standard InChI is InChI=1S/C10H16N2O2/c1-7(2)5-8(13)6-9-10(14)12-4-3-11-9/h6-7,11H,3-5H2,1-2H3,(H,12,14). The molecular weight excluding hydrogens is 180 g/mol. The Labute approximate surface area is 83.8 Å². The number of piperazine rings is 1. The van der Waals surface area contributed by atoms with E-state index in [4.69, 9.17) is 0 Å². The Kier molecular flexibility index (Phi) is 3.68. The minimum Gasteiger partial charge on any atom is -0.379 e. The third kappa shape index (κ3) is 3.20. The first-order valence-electron chi connectivity index (χ1n) is 4.86. The highest BCUT2D eigenvalue weighted by atomic mass is 16.2. The van der Waals surface area contributed by atoms with Gasteiger partial charge in [0.15, 0.2) is 5.78 Å². The predicted octanol–water partition coefficient (Wildman–Crippen LogP) is 0.205. The zero-order valence-corrected chi connectivity index (χ0v) is 8.59. The molecule has 0 aromatic rings. The highest BCUT2D eigenvalue weighted by molar-refractivity contribution is 6.01. The Bertz CT molecular complexity index is 269. The fourth-order valence-electron chi connectivity index (χ4n) is 1.29. The molecular formula is C10H16N2O2. The van der Waals surface area contributed by atoms with Gasteiger partial charge in [-0.25, -0.2) is 0 Å². The van der Waals surface area contributed by atoms with Gasteiger partial charge in [0, 0.05) is 25.6 Å². The Morgan fingerprint density at radius 3 is 2.64 bits per heavy atom. The van der Waals surface area contributed by atoms with Crippen molar-refractivity contribution in [3.05, 3.63) is 11.8 Å². The van der Waals surface area contributed by atoms with Crippen molar-refractivity contribution in [2.24, 2.45) is 5.92 Å². The molecule has 1 rings (SSSR count). The number of carbonyl (C=O) groups is 2. The van der Waals surface area contributed by atoms with Crippen molar-refractivity contribution in [2.45, 2.75) is 20.3 Å². The molecule has 1 aliphatic rings. The minimum atomic E-state index is -0.187. The van der Waals surface area contributed by atoms with Crippen LogP contribution in [0.1, 0.15) is 20.3 Å². The van der Waals surface area contributed by atoms with E-state index in [2.05, 4.69) is 10.6 Å². The van der Waals surface area contributed by atoms with Gasteiger partial charge in [-0.15, -0.1) is 0 Å². The van der Waals surface area contributed by atoms with Gasteiger partial charge in [0.25, 0.3) is 5.91 Å². The maximum Gasteiger partial charge on any atom is 0.267 e. The molecule has 1 heterocycles. The largest absolute Gasteiger partial charge is 0.379 e. The van der Waals surface area contributed by atoms with E-state index in [1.165, 1.54) is 6.08 Å². The van der Waals surface area contributed by atoms with Crippen LogP contribution in [0.5, 0.6) is 0 Å². The zero-order valence-electron chi connectivity index (χ0n) is 8.59. The van der Waals surface area contributed by atoms with E-state index in [9.17, 15) is 9.59 Å². The molecule has 4 heteroatoms. The molecule has 1 fully saturated rings. The second-order valence-electron chi connectivity index (χ2n) is 3.80. The first-order chi connectivity index (χ1) is 6.59. The third-order valence-electron chi connectivity index (χ3n) is 1.89. The third-order valence-corrected chi connectivity index (χ3v) is 1.89. The molecule has 2 N–H and O–H groups in total. The molecule has 4 nitrogen and oxygen atoms in total. The van der Waals surface area contributed by atoms with Crippen molar-refractivity contribution in [1.82, 2.24) is 10.6 Å². The highest BCUT2D eigenvalue weighted by Gasteiger charge is 2.14. The lowest BCUT2D eigenvalue weighted by atomic mass is 10.1. The molecule has 0 saturated carbocycles. The normalized spacial score (nSPS) is 19.4. The summed E-state index contributed by atoms with van der Waals surface area (Å²) in [6, 6.07) is 0. The van der Waals surface area contributed by atoms with Crippen molar-refractivity contribution >= 4 is 11.7 Å². The number of nitrogens with one attached hydrogen (secondary N) is 2. The van der Waals surface area contributed by atoms with Crippen molar-refractivity contribution in [2.75, 3.05) is 13.1 Å². The van der Waals surface area contributed by atoms with Crippen molar-refractivity contribution in [1.29, 1.82) is 0 Å². The summed E-state index contributed by atoms with van der Waals surface area (Å²) in [4.78, 5) is 22.6. The number of hydrogen-bond acceptors (Lipinski definition) is 3. The van der Waals surface area contributed by atoms with Crippen LogP contribution in [0.3, 0.4) is 0 Å². The Morgan fingerprint density at radius 2 is 2.07 bits per heavy atom. The summed E-state index contributed by atoms with van der Waals surface area (Å²) in [7, 11) is 0. The van der Waals surface area contributed by atoms with Crippen LogP contribution in [-0.4, -0.2) is 24.8 Å². The van der Waals surface area contributed by atoms with Gasteiger partial charge in [-0.05, 0) is 5.92 Å². The molecule has 1 amide bonds. The summed E-state index contributed by atoms with van der Waals surface area (Å²) in [5.74, 6) is 0.138. The highest BCUT2D eigenvalue weighted by Crippen LogP contribution is 2.03. The van der Waals surface area contributed by atoms with Crippen LogP contribution in [0.4, 0.5) is 0 Å². The average Bonchev–Trinajstić information content (AvgIpc) is 2.07. The summed E-state index contributed by atoms with van der Waals surface area (Å²) in [6.07, 6.45) is 1.88. The van der Waals surface area contributed by atoms with Crippen LogP contribution in [0.25, 0.3) is 0 Å². The van der Waals surface area contributed by atoms with Crippen LogP contribution >= 0.6 is 0 Å². The van der Waals surface area contributed by atoms with Crippen LogP contribution in [0.2, 0.25) is 0 Å². The number of amides is 1. The molecule has 0 spiro atoms. The molecule has 0 aromatic heterocycles. The van der Waals surface area contributed by atoms with E-state index >= 15 is 0 Å². The Balaban J connectivity index is 2.57. The van der Waals surface area contributed by atoms with Gasteiger partial charge in [-0.2, -0.15) is 0 Å². The molecule has 0 unspecified atom stereocenters. The predicted molar refractivity (Wildman–Crippen MR) is 53.6 cm³/mol. The SMILES string of the molecule is CC(C)CC(=O)C=C1NCCNC1=O. The molecule has 1 aliphatic heterocycles. The van der Waals surface area contributed by atoms with Gasteiger partial charge in [0.2, 0.25) is 0 Å². The summed E-state index contributed by atoms with van der Waals surface area (Å²) in [6.45, 7) is 5.26. The molecule has 1 saturated heterocycles. The first-order valence-corrected chi connectivity index (χ1v) is 4.86. The first kappa shape index (κ1) is 10.8. The fourth-order valence-corrected chi connectivity index (χ4v) is 1.29.